The molecule has 0 spiro atoms. The van der Waals surface area contributed by atoms with Gasteiger partial charge < -0.3 is 0 Å². The number of aromatic amines is 1. The van der Waals surface area contributed by atoms with Crippen LogP contribution >= 0.6 is 23.3 Å². The van der Waals surface area contributed by atoms with Crippen LogP contribution in [-0.4, -0.2) is 29.5 Å². The SMILES string of the molecule is NNc1nc(Sc2ncns2)c2cn[nH]c2n1. The summed E-state index contributed by atoms with van der Waals surface area (Å²) >= 11 is 2.70. The van der Waals surface area contributed by atoms with Gasteiger partial charge in [-0.2, -0.15) is 14.5 Å². The van der Waals surface area contributed by atoms with Crippen molar-refractivity contribution in [2.75, 3.05) is 5.43 Å². The van der Waals surface area contributed by atoms with Crippen molar-refractivity contribution < 1.29 is 0 Å². The molecule has 0 amide bonds. The Labute approximate surface area is 103 Å². The van der Waals surface area contributed by atoms with E-state index >= 15 is 0 Å². The number of hydrogen-bond acceptors (Lipinski definition) is 9. The molecule has 0 fully saturated rings. The van der Waals surface area contributed by atoms with Crippen molar-refractivity contribution >= 4 is 40.3 Å². The number of nitrogens with one attached hydrogen (secondary N) is 2. The lowest BCUT2D eigenvalue weighted by Crippen LogP contribution is -2.10. The lowest BCUT2D eigenvalue weighted by atomic mass is 10.4. The second kappa shape index (κ2) is 4.24. The molecular formula is C7H6N8S2. The van der Waals surface area contributed by atoms with Crippen LogP contribution in [0.2, 0.25) is 0 Å². The van der Waals surface area contributed by atoms with Gasteiger partial charge in [-0.15, -0.1) is 0 Å². The highest BCUT2D eigenvalue weighted by Crippen LogP contribution is 2.31. The first-order valence-corrected chi connectivity index (χ1v) is 6.08. The average molecular weight is 266 g/mol. The van der Waals surface area contributed by atoms with Gasteiger partial charge in [-0.3, -0.25) is 10.5 Å². The van der Waals surface area contributed by atoms with Crippen molar-refractivity contribution in [2.24, 2.45) is 5.84 Å². The highest BCUT2D eigenvalue weighted by molar-refractivity contribution is 8.01. The van der Waals surface area contributed by atoms with Crippen molar-refractivity contribution in [1.82, 2.24) is 29.5 Å². The maximum Gasteiger partial charge on any atom is 0.240 e. The molecule has 0 saturated carbocycles. The van der Waals surface area contributed by atoms with Crippen LogP contribution in [0.25, 0.3) is 11.0 Å². The molecule has 0 aliphatic heterocycles. The topological polar surface area (TPSA) is 118 Å². The van der Waals surface area contributed by atoms with Crippen LogP contribution in [0, 0.1) is 0 Å². The minimum Gasteiger partial charge on any atom is -0.292 e. The molecule has 4 N–H and O–H groups in total. The summed E-state index contributed by atoms with van der Waals surface area (Å²) in [7, 11) is 0. The number of hydrazine groups is 1. The fourth-order valence-corrected chi connectivity index (χ4v) is 2.69. The Morgan fingerprint density at radius 2 is 2.35 bits per heavy atom. The number of nitrogens with zero attached hydrogens (tertiary/aromatic N) is 5. The van der Waals surface area contributed by atoms with E-state index in [-0.39, 0.29) is 0 Å². The van der Waals surface area contributed by atoms with Gasteiger partial charge in [0.25, 0.3) is 0 Å². The van der Waals surface area contributed by atoms with E-state index in [2.05, 4.69) is 34.9 Å². The number of nitrogen functional groups attached to an aromatic ring is 1. The Morgan fingerprint density at radius 1 is 1.41 bits per heavy atom. The lowest BCUT2D eigenvalue weighted by molar-refractivity contribution is 1.05. The summed E-state index contributed by atoms with van der Waals surface area (Å²) in [4.78, 5) is 12.5. The first-order valence-electron chi connectivity index (χ1n) is 4.49. The van der Waals surface area contributed by atoms with E-state index in [0.717, 1.165) is 14.8 Å². The van der Waals surface area contributed by atoms with Crippen LogP contribution in [0.5, 0.6) is 0 Å². The number of rotatable bonds is 3. The molecule has 0 aromatic carbocycles. The molecule has 17 heavy (non-hydrogen) atoms. The van der Waals surface area contributed by atoms with Crippen LogP contribution in [-0.2, 0) is 0 Å². The maximum atomic E-state index is 5.31. The average Bonchev–Trinajstić information content (AvgIpc) is 2.98. The van der Waals surface area contributed by atoms with Gasteiger partial charge in [-0.05, 0) is 23.3 Å². The third-order valence-corrected chi connectivity index (χ3v) is 3.65. The molecule has 3 rings (SSSR count). The molecule has 3 aromatic rings. The van der Waals surface area contributed by atoms with E-state index in [0.29, 0.717) is 11.6 Å². The van der Waals surface area contributed by atoms with E-state index in [9.17, 15) is 0 Å². The Balaban J connectivity index is 2.10. The molecule has 86 valence electrons. The number of fused-ring (bicyclic) bond motifs is 1. The number of aromatic nitrogens is 6. The zero-order chi connectivity index (χ0) is 11.7. The fourth-order valence-electron chi connectivity index (χ4n) is 1.24. The van der Waals surface area contributed by atoms with Crippen LogP contribution in [0.4, 0.5) is 5.95 Å². The standard InChI is InChI=1S/C7H6N8S2/c8-14-6-12-4-3(1-10-15-4)5(13-6)16-7-9-2-11-17-7/h1-2H,8H2,(H2,10,12,13,14,15). The predicted octanol–water partition coefficient (Wildman–Crippen LogP) is 0.641. The quantitative estimate of drug-likeness (QED) is 0.359. The summed E-state index contributed by atoms with van der Waals surface area (Å²) in [6.45, 7) is 0. The predicted molar refractivity (Wildman–Crippen MR) is 63.5 cm³/mol. The molecule has 0 unspecified atom stereocenters. The van der Waals surface area contributed by atoms with Gasteiger partial charge in [0.2, 0.25) is 5.95 Å². The van der Waals surface area contributed by atoms with E-state index in [4.69, 9.17) is 5.84 Å². The van der Waals surface area contributed by atoms with Crippen molar-refractivity contribution in [3.8, 4) is 0 Å². The summed E-state index contributed by atoms with van der Waals surface area (Å²) in [6, 6.07) is 0. The molecule has 0 saturated heterocycles. The van der Waals surface area contributed by atoms with Gasteiger partial charge in [0.1, 0.15) is 11.4 Å². The van der Waals surface area contributed by atoms with Crippen LogP contribution in [0.3, 0.4) is 0 Å². The minimum atomic E-state index is 0.328. The molecular weight excluding hydrogens is 260 g/mol. The van der Waals surface area contributed by atoms with Gasteiger partial charge >= 0.3 is 0 Å². The third-order valence-electron chi connectivity index (χ3n) is 1.93. The fraction of sp³-hybridized carbons (Fsp3) is 0. The van der Waals surface area contributed by atoms with E-state index in [1.165, 1.54) is 29.6 Å². The van der Waals surface area contributed by atoms with E-state index in [1.54, 1.807) is 6.20 Å². The van der Waals surface area contributed by atoms with Gasteiger partial charge in [0.05, 0.1) is 11.6 Å². The zero-order valence-electron chi connectivity index (χ0n) is 8.28. The van der Waals surface area contributed by atoms with Gasteiger partial charge in [-0.1, -0.05) is 0 Å². The third kappa shape index (κ3) is 1.92. The summed E-state index contributed by atoms with van der Waals surface area (Å²) in [5.74, 6) is 5.64. The second-order valence-corrected chi connectivity index (χ2v) is 4.95. The summed E-state index contributed by atoms with van der Waals surface area (Å²) < 4.78 is 4.73. The van der Waals surface area contributed by atoms with Crippen molar-refractivity contribution in [3.63, 3.8) is 0 Å². The minimum absolute atomic E-state index is 0.328. The Hall–Kier alpha value is -1.78. The summed E-state index contributed by atoms with van der Waals surface area (Å²) in [5, 5.41) is 8.25. The number of nitrogens with two attached hydrogens (primary N) is 1. The smallest absolute Gasteiger partial charge is 0.240 e. The van der Waals surface area contributed by atoms with Gasteiger partial charge in [-0.25, -0.2) is 15.8 Å². The second-order valence-electron chi connectivity index (χ2n) is 2.94. The molecule has 3 aromatic heterocycles. The molecule has 0 bridgehead atoms. The molecule has 0 atom stereocenters. The number of anilines is 1. The number of H-pyrrole nitrogens is 1. The largest absolute Gasteiger partial charge is 0.292 e. The van der Waals surface area contributed by atoms with Crippen LogP contribution < -0.4 is 11.3 Å². The summed E-state index contributed by atoms with van der Waals surface area (Å²) in [5.41, 5.74) is 3.04. The van der Waals surface area contributed by atoms with Gasteiger partial charge in [0.15, 0.2) is 9.99 Å². The molecule has 0 aliphatic rings. The molecule has 8 nitrogen and oxygen atoms in total. The van der Waals surface area contributed by atoms with E-state index in [1.807, 2.05) is 0 Å². The van der Waals surface area contributed by atoms with Crippen molar-refractivity contribution in [1.29, 1.82) is 0 Å². The molecule has 10 heteroatoms. The summed E-state index contributed by atoms with van der Waals surface area (Å²) in [6.07, 6.45) is 3.17. The van der Waals surface area contributed by atoms with Crippen LogP contribution in [0.15, 0.2) is 21.9 Å². The first-order chi connectivity index (χ1) is 8.36. The molecule has 0 aliphatic carbocycles. The number of hydrogen-bond donors (Lipinski definition) is 3. The Bertz CT molecular complexity index is 632. The van der Waals surface area contributed by atoms with Gasteiger partial charge in [0, 0.05) is 0 Å². The van der Waals surface area contributed by atoms with Crippen molar-refractivity contribution in [3.05, 3.63) is 12.5 Å². The lowest BCUT2D eigenvalue weighted by Gasteiger charge is -2.02. The highest BCUT2D eigenvalue weighted by Gasteiger charge is 2.11. The monoisotopic (exact) mass is 266 g/mol. The molecule has 0 radical (unpaired) electrons. The highest BCUT2D eigenvalue weighted by atomic mass is 32.2. The maximum absolute atomic E-state index is 5.31. The van der Waals surface area contributed by atoms with E-state index < -0.39 is 0 Å². The molecule has 3 heterocycles. The first kappa shape index (κ1) is 10.4. The normalized spacial score (nSPS) is 10.9. The Morgan fingerprint density at radius 3 is 3.12 bits per heavy atom. The zero-order valence-corrected chi connectivity index (χ0v) is 9.92. The van der Waals surface area contributed by atoms with Crippen LogP contribution in [0.1, 0.15) is 0 Å². The van der Waals surface area contributed by atoms with Crippen molar-refractivity contribution in [2.45, 2.75) is 9.37 Å². The Kier molecular flexibility index (Phi) is 2.59.